The van der Waals surface area contributed by atoms with Gasteiger partial charge in [-0.3, -0.25) is 10.1 Å². The number of benzene rings is 1. The molecule has 0 unspecified atom stereocenters. The number of carbonyl (C=O) groups excluding carboxylic acids is 1. The SMILES string of the molecule is CCCCN=C(NC(=O)c1ccc(OC)cc1)OCCC. The maximum absolute atomic E-state index is 12.1. The van der Waals surface area contributed by atoms with E-state index in [9.17, 15) is 4.79 Å². The number of unbranched alkanes of at least 4 members (excludes halogenated alkanes) is 1. The first-order valence-corrected chi connectivity index (χ1v) is 7.33. The highest BCUT2D eigenvalue weighted by molar-refractivity contribution is 6.04. The highest BCUT2D eigenvalue weighted by atomic mass is 16.5. The van der Waals surface area contributed by atoms with Gasteiger partial charge in [-0.05, 0) is 37.1 Å². The van der Waals surface area contributed by atoms with Gasteiger partial charge < -0.3 is 9.47 Å². The van der Waals surface area contributed by atoms with Gasteiger partial charge in [0.1, 0.15) is 5.75 Å². The molecule has 0 spiro atoms. The first-order valence-electron chi connectivity index (χ1n) is 7.33. The molecule has 0 aliphatic heterocycles. The Hall–Kier alpha value is -2.04. The maximum Gasteiger partial charge on any atom is 0.291 e. The zero-order valence-electron chi connectivity index (χ0n) is 13.0. The third-order valence-electron chi connectivity index (χ3n) is 2.78. The molecule has 0 aromatic heterocycles. The van der Waals surface area contributed by atoms with Crippen LogP contribution in [0, 0.1) is 0 Å². The van der Waals surface area contributed by atoms with Crippen LogP contribution in [0.4, 0.5) is 0 Å². The summed E-state index contributed by atoms with van der Waals surface area (Å²) in [5, 5.41) is 2.71. The Kier molecular flexibility index (Phi) is 7.94. The van der Waals surface area contributed by atoms with Crippen molar-refractivity contribution < 1.29 is 14.3 Å². The fourth-order valence-electron chi connectivity index (χ4n) is 1.57. The third kappa shape index (κ3) is 6.29. The maximum atomic E-state index is 12.1. The molecule has 5 nitrogen and oxygen atoms in total. The number of amidine groups is 1. The third-order valence-corrected chi connectivity index (χ3v) is 2.78. The molecule has 0 atom stereocenters. The molecule has 0 saturated heterocycles. The van der Waals surface area contributed by atoms with E-state index < -0.39 is 0 Å². The van der Waals surface area contributed by atoms with Gasteiger partial charge in [0, 0.05) is 12.1 Å². The van der Waals surface area contributed by atoms with Crippen molar-refractivity contribution in [1.29, 1.82) is 0 Å². The van der Waals surface area contributed by atoms with Crippen LogP contribution in [0.1, 0.15) is 43.5 Å². The molecule has 5 heteroatoms. The molecule has 0 radical (unpaired) electrons. The van der Waals surface area contributed by atoms with Gasteiger partial charge in [0.15, 0.2) is 0 Å². The zero-order chi connectivity index (χ0) is 15.5. The Labute approximate surface area is 126 Å². The van der Waals surface area contributed by atoms with E-state index in [1.54, 1.807) is 31.4 Å². The second-order valence-corrected chi connectivity index (χ2v) is 4.57. The van der Waals surface area contributed by atoms with E-state index in [1.165, 1.54) is 0 Å². The van der Waals surface area contributed by atoms with Crippen LogP contribution in [0.3, 0.4) is 0 Å². The van der Waals surface area contributed by atoms with Crippen LogP contribution < -0.4 is 10.1 Å². The highest BCUT2D eigenvalue weighted by Crippen LogP contribution is 2.11. The van der Waals surface area contributed by atoms with Crippen molar-refractivity contribution in [2.24, 2.45) is 4.99 Å². The predicted octanol–water partition coefficient (Wildman–Crippen LogP) is 3.01. The molecule has 1 aromatic carbocycles. The van der Waals surface area contributed by atoms with Crippen molar-refractivity contribution >= 4 is 11.9 Å². The zero-order valence-corrected chi connectivity index (χ0v) is 13.0. The molecule has 1 rings (SSSR count). The van der Waals surface area contributed by atoms with Crippen molar-refractivity contribution in [2.75, 3.05) is 20.3 Å². The molecule has 1 amide bonds. The number of methoxy groups -OCH3 is 1. The summed E-state index contributed by atoms with van der Waals surface area (Å²) in [6, 6.07) is 7.20. The minimum absolute atomic E-state index is 0.232. The van der Waals surface area contributed by atoms with Gasteiger partial charge >= 0.3 is 0 Å². The van der Waals surface area contributed by atoms with Crippen molar-refractivity contribution in [2.45, 2.75) is 33.1 Å². The largest absolute Gasteiger partial charge is 0.497 e. The molecule has 21 heavy (non-hydrogen) atoms. The van der Waals surface area contributed by atoms with Crippen molar-refractivity contribution in [3.63, 3.8) is 0 Å². The van der Waals surface area contributed by atoms with Crippen LogP contribution in [0.25, 0.3) is 0 Å². The second-order valence-electron chi connectivity index (χ2n) is 4.57. The minimum atomic E-state index is -0.232. The fourth-order valence-corrected chi connectivity index (χ4v) is 1.57. The van der Waals surface area contributed by atoms with Crippen LogP contribution >= 0.6 is 0 Å². The average molecular weight is 292 g/mol. The normalized spacial score (nSPS) is 11.1. The smallest absolute Gasteiger partial charge is 0.291 e. The lowest BCUT2D eigenvalue weighted by Crippen LogP contribution is -2.33. The molecule has 0 fully saturated rings. The molecule has 116 valence electrons. The number of nitrogens with one attached hydrogen (secondary N) is 1. The molecule has 0 saturated carbocycles. The van der Waals surface area contributed by atoms with E-state index in [0.717, 1.165) is 19.3 Å². The molecule has 1 aromatic rings. The van der Waals surface area contributed by atoms with Crippen LogP contribution in [0.2, 0.25) is 0 Å². The number of nitrogens with zero attached hydrogens (tertiary/aromatic N) is 1. The van der Waals surface area contributed by atoms with E-state index in [2.05, 4.69) is 17.2 Å². The van der Waals surface area contributed by atoms with Gasteiger partial charge in [-0.15, -0.1) is 0 Å². The van der Waals surface area contributed by atoms with E-state index in [-0.39, 0.29) is 5.91 Å². The number of aliphatic imine (C=N–C) groups is 1. The van der Waals surface area contributed by atoms with Crippen molar-refractivity contribution in [3.8, 4) is 5.75 Å². The van der Waals surface area contributed by atoms with E-state index in [1.807, 2.05) is 6.92 Å². The summed E-state index contributed by atoms with van der Waals surface area (Å²) in [7, 11) is 1.59. The number of carbonyl (C=O) groups is 1. The number of hydrogen-bond donors (Lipinski definition) is 1. The predicted molar refractivity (Wildman–Crippen MR) is 83.9 cm³/mol. The summed E-state index contributed by atoms with van der Waals surface area (Å²) in [4.78, 5) is 16.4. The Bertz CT molecular complexity index is 455. The summed E-state index contributed by atoms with van der Waals surface area (Å²) in [6.45, 7) is 5.29. The molecule has 0 aliphatic rings. The highest BCUT2D eigenvalue weighted by Gasteiger charge is 2.09. The quantitative estimate of drug-likeness (QED) is 0.477. The monoisotopic (exact) mass is 292 g/mol. The van der Waals surface area contributed by atoms with Gasteiger partial charge in [0.25, 0.3) is 11.9 Å². The topological polar surface area (TPSA) is 59.9 Å². The van der Waals surface area contributed by atoms with Gasteiger partial charge in [0.2, 0.25) is 0 Å². The van der Waals surface area contributed by atoms with E-state index in [0.29, 0.717) is 30.5 Å². The van der Waals surface area contributed by atoms with Crippen LogP contribution in [0.15, 0.2) is 29.3 Å². The number of ether oxygens (including phenoxy) is 2. The summed E-state index contributed by atoms with van der Waals surface area (Å²) in [5.41, 5.74) is 0.541. The van der Waals surface area contributed by atoms with Gasteiger partial charge in [-0.2, -0.15) is 0 Å². The summed E-state index contributed by atoms with van der Waals surface area (Å²) in [5.74, 6) is 0.481. The molecule has 0 aliphatic carbocycles. The lowest BCUT2D eigenvalue weighted by atomic mass is 10.2. The van der Waals surface area contributed by atoms with Crippen LogP contribution in [0.5, 0.6) is 5.75 Å². The lowest BCUT2D eigenvalue weighted by Gasteiger charge is -2.10. The standard InChI is InChI=1S/C16H24N2O3/c1-4-6-11-17-16(21-12-5-2)18-15(19)13-7-9-14(20-3)10-8-13/h7-10H,4-6,11-12H2,1-3H3,(H,17,18,19). The molecular weight excluding hydrogens is 268 g/mol. The summed E-state index contributed by atoms with van der Waals surface area (Å²) < 4.78 is 10.5. The molecule has 0 heterocycles. The Morgan fingerprint density at radius 3 is 2.48 bits per heavy atom. The molecule has 0 bridgehead atoms. The van der Waals surface area contributed by atoms with Crippen LogP contribution in [-0.2, 0) is 4.74 Å². The fraction of sp³-hybridized carbons (Fsp3) is 0.500. The van der Waals surface area contributed by atoms with Crippen LogP contribution in [-0.4, -0.2) is 32.2 Å². The number of rotatable bonds is 7. The second kappa shape index (κ2) is 9.80. The Balaban J connectivity index is 2.66. The Morgan fingerprint density at radius 1 is 1.19 bits per heavy atom. The van der Waals surface area contributed by atoms with E-state index in [4.69, 9.17) is 9.47 Å². The summed E-state index contributed by atoms with van der Waals surface area (Å²) in [6.07, 6.45) is 2.89. The van der Waals surface area contributed by atoms with Crippen molar-refractivity contribution in [3.05, 3.63) is 29.8 Å². The van der Waals surface area contributed by atoms with E-state index >= 15 is 0 Å². The molecular formula is C16H24N2O3. The van der Waals surface area contributed by atoms with Gasteiger partial charge in [-0.1, -0.05) is 20.3 Å². The number of hydrogen-bond acceptors (Lipinski definition) is 4. The first-order chi connectivity index (χ1) is 10.2. The van der Waals surface area contributed by atoms with Crippen molar-refractivity contribution in [1.82, 2.24) is 5.32 Å². The van der Waals surface area contributed by atoms with Gasteiger partial charge in [0.05, 0.1) is 13.7 Å². The summed E-state index contributed by atoms with van der Waals surface area (Å²) >= 11 is 0. The minimum Gasteiger partial charge on any atom is -0.497 e. The average Bonchev–Trinajstić information content (AvgIpc) is 2.52. The Morgan fingerprint density at radius 2 is 1.90 bits per heavy atom. The first kappa shape index (κ1) is 17.0. The molecule has 1 N–H and O–H groups in total. The van der Waals surface area contributed by atoms with Gasteiger partial charge in [-0.25, -0.2) is 4.99 Å². The number of amides is 1. The lowest BCUT2D eigenvalue weighted by molar-refractivity contribution is 0.0965.